The third-order valence-electron chi connectivity index (χ3n) is 6.09. The molecule has 1 fully saturated rings. The number of likely N-dealkylation sites (N-methyl/N-ethyl adjacent to an activating group) is 1. The minimum absolute atomic E-state index is 0.608. The maximum Gasteiger partial charge on any atom is 0.138 e. The van der Waals surface area contributed by atoms with Gasteiger partial charge in [0.2, 0.25) is 0 Å². The second kappa shape index (κ2) is 7.31. The van der Waals surface area contributed by atoms with Crippen LogP contribution in [0.4, 0.5) is 11.5 Å². The molecular weight excluding hydrogens is 402 g/mol. The summed E-state index contributed by atoms with van der Waals surface area (Å²) < 4.78 is 0. The zero-order valence-corrected chi connectivity index (χ0v) is 17.7. The van der Waals surface area contributed by atoms with E-state index in [1.807, 2.05) is 24.4 Å². The average Bonchev–Trinajstić information content (AvgIpc) is 3.43. The van der Waals surface area contributed by atoms with Gasteiger partial charge >= 0.3 is 0 Å². The monoisotopic (exact) mass is 425 g/mol. The molecule has 0 aliphatic carbocycles. The molecule has 6 rings (SSSR count). The van der Waals surface area contributed by atoms with Crippen LogP contribution in [0.25, 0.3) is 44.5 Å². The van der Waals surface area contributed by atoms with Crippen LogP contribution < -0.4 is 10.6 Å². The summed E-state index contributed by atoms with van der Waals surface area (Å²) in [6, 6.07) is 8.06. The lowest BCUT2D eigenvalue weighted by atomic mass is 10.1. The Morgan fingerprint density at radius 2 is 1.81 bits per heavy atom. The Morgan fingerprint density at radius 3 is 2.66 bits per heavy atom. The number of fused-ring (bicyclic) bond motifs is 2. The molecule has 9 heteroatoms. The van der Waals surface area contributed by atoms with E-state index in [1.165, 1.54) is 0 Å². The number of aromatic amines is 2. The van der Waals surface area contributed by atoms with Gasteiger partial charge in [-0.25, -0.2) is 4.98 Å². The molecule has 6 heterocycles. The largest absolute Gasteiger partial charge is 0.397 e. The number of hydrogen-bond donors (Lipinski definition) is 3. The first-order valence-corrected chi connectivity index (χ1v) is 10.6. The van der Waals surface area contributed by atoms with E-state index >= 15 is 0 Å². The van der Waals surface area contributed by atoms with Gasteiger partial charge in [0, 0.05) is 61.1 Å². The number of nitrogens with zero attached hydrogens (tertiary/aromatic N) is 6. The molecule has 1 aliphatic rings. The summed E-state index contributed by atoms with van der Waals surface area (Å²) >= 11 is 0. The summed E-state index contributed by atoms with van der Waals surface area (Å²) in [5.41, 5.74) is 11.9. The van der Waals surface area contributed by atoms with Gasteiger partial charge in [-0.3, -0.25) is 15.1 Å². The fraction of sp³-hybridized carbons (Fsp3) is 0.217. The highest BCUT2D eigenvalue weighted by Gasteiger charge is 2.20. The van der Waals surface area contributed by atoms with Crippen LogP contribution in [0.3, 0.4) is 0 Å². The van der Waals surface area contributed by atoms with Crippen LogP contribution in [-0.2, 0) is 0 Å². The van der Waals surface area contributed by atoms with E-state index in [1.54, 1.807) is 18.6 Å². The van der Waals surface area contributed by atoms with E-state index < -0.39 is 0 Å². The molecule has 0 amide bonds. The van der Waals surface area contributed by atoms with Crippen molar-refractivity contribution in [3.63, 3.8) is 0 Å². The summed E-state index contributed by atoms with van der Waals surface area (Å²) in [4.78, 5) is 21.7. The summed E-state index contributed by atoms with van der Waals surface area (Å²) in [5, 5.41) is 9.78. The van der Waals surface area contributed by atoms with Gasteiger partial charge in [0.05, 0.1) is 34.3 Å². The minimum atomic E-state index is 0.608. The lowest BCUT2D eigenvalue weighted by molar-refractivity contribution is 0.312. The van der Waals surface area contributed by atoms with Gasteiger partial charge < -0.3 is 20.5 Å². The number of nitrogens with one attached hydrogen (secondary N) is 2. The van der Waals surface area contributed by atoms with E-state index in [9.17, 15) is 0 Å². The van der Waals surface area contributed by atoms with E-state index in [-0.39, 0.29) is 0 Å². The number of anilines is 2. The molecule has 160 valence electrons. The van der Waals surface area contributed by atoms with Crippen LogP contribution in [0.15, 0.2) is 49.1 Å². The van der Waals surface area contributed by atoms with Gasteiger partial charge in [-0.2, -0.15) is 5.10 Å². The predicted molar refractivity (Wildman–Crippen MR) is 126 cm³/mol. The zero-order valence-electron chi connectivity index (χ0n) is 17.7. The first-order chi connectivity index (χ1) is 15.7. The fourth-order valence-electron chi connectivity index (χ4n) is 4.31. The molecule has 0 saturated carbocycles. The Kier molecular flexibility index (Phi) is 4.29. The SMILES string of the molecule is CN1CCN(c2nccc3[nH]c(-c4n[nH]c5cnc(-c6cncc(N)c6)cc45)cc23)CC1. The van der Waals surface area contributed by atoms with Crippen molar-refractivity contribution in [2.24, 2.45) is 0 Å². The molecule has 1 saturated heterocycles. The van der Waals surface area contributed by atoms with Gasteiger partial charge in [-0.05, 0) is 31.3 Å². The van der Waals surface area contributed by atoms with Crippen LogP contribution in [0.1, 0.15) is 0 Å². The molecular formula is C23H23N9. The zero-order chi connectivity index (χ0) is 21.7. The van der Waals surface area contributed by atoms with Gasteiger partial charge in [0.15, 0.2) is 0 Å². The fourth-order valence-corrected chi connectivity index (χ4v) is 4.31. The highest BCUT2D eigenvalue weighted by molar-refractivity contribution is 5.99. The molecule has 0 radical (unpaired) electrons. The van der Waals surface area contributed by atoms with Crippen molar-refractivity contribution in [1.82, 2.24) is 35.0 Å². The topological polar surface area (TPSA) is 116 Å². The van der Waals surface area contributed by atoms with E-state index in [0.717, 1.165) is 76.4 Å². The maximum atomic E-state index is 5.91. The molecule has 9 nitrogen and oxygen atoms in total. The van der Waals surface area contributed by atoms with Crippen molar-refractivity contribution in [1.29, 1.82) is 0 Å². The minimum Gasteiger partial charge on any atom is -0.397 e. The lowest BCUT2D eigenvalue weighted by Gasteiger charge is -2.33. The molecule has 0 atom stereocenters. The van der Waals surface area contributed by atoms with Crippen LogP contribution in [0.2, 0.25) is 0 Å². The smallest absolute Gasteiger partial charge is 0.138 e. The Labute approximate surface area is 184 Å². The Balaban J connectivity index is 1.44. The molecule has 5 aromatic heterocycles. The standard InChI is InChI=1S/C23H23N9/c1-31-4-6-32(7-5-31)23-17-10-20(28-18(17)2-3-26-23)22-16-9-19(27-13-21(16)29-30-22)14-8-15(24)12-25-11-14/h2-3,8-13,28H,4-7,24H2,1H3,(H,29,30). The van der Waals surface area contributed by atoms with Crippen molar-refractivity contribution < 1.29 is 0 Å². The Morgan fingerprint density at radius 1 is 0.938 bits per heavy atom. The quantitative estimate of drug-likeness (QED) is 0.407. The second-order valence-electron chi connectivity index (χ2n) is 8.26. The summed E-state index contributed by atoms with van der Waals surface area (Å²) in [6.45, 7) is 4.01. The number of nitrogens with two attached hydrogens (primary N) is 1. The number of hydrogen-bond acceptors (Lipinski definition) is 7. The molecule has 5 aromatic rings. The van der Waals surface area contributed by atoms with Crippen LogP contribution in [0, 0.1) is 0 Å². The van der Waals surface area contributed by atoms with Crippen molar-refractivity contribution in [3.8, 4) is 22.6 Å². The third kappa shape index (κ3) is 3.14. The molecule has 0 spiro atoms. The lowest BCUT2D eigenvalue weighted by Crippen LogP contribution is -2.44. The molecule has 0 bridgehead atoms. The normalized spacial score (nSPS) is 15.1. The number of pyridine rings is 3. The van der Waals surface area contributed by atoms with Gasteiger partial charge in [0.1, 0.15) is 11.5 Å². The average molecular weight is 426 g/mol. The van der Waals surface area contributed by atoms with E-state index in [2.05, 4.69) is 48.1 Å². The van der Waals surface area contributed by atoms with E-state index in [4.69, 9.17) is 10.7 Å². The van der Waals surface area contributed by atoms with Crippen molar-refractivity contribution in [2.45, 2.75) is 0 Å². The maximum absolute atomic E-state index is 5.91. The molecule has 32 heavy (non-hydrogen) atoms. The van der Waals surface area contributed by atoms with E-state index in [0.29, 0.717) is 5.69 Å². The van der Waals surface area contributed by atoms with Gasteiger partial charge in [-0.1, -0.05) is 0 Å². The highest BCUT2D eigenvalue weighted by atomic mass is 15.3. The summed E-state index contributed by atoms with van der Waals surface area (Å²) in [5.74, 6) is 1.02. The molecule has 0 unspecified atom stereocenters. The number of H-pyrrole nitrogens is 2. The van der Waals surface area contributed by atoms with Gasteiger partial charge in [-0.15, -0.1) is 0 Å². The Hall–Kier alpha value is -3.98. The van der Waals surface area contributed by atoms with Crippen LogP contribution >= 0.6 is 0 Å². The first-order valence-electron chi connectivity index (χ1n) is 10.6. The summed E-state index contributed by atoms with van der Waals surface area (Å²) in [7, 11) is 2.16. The van der Waals surface area contributed by atoms with Crippen LogP contribution in [-0.4, -0.2) is 68.3 Å². The highest BCUT2D eigenvalue weighted by Crippen LogP contribution is 2.33. The molecule has 0 aromatic carbocycles. The number of piperazine rings is 1. The Bertz CT molecular complexity index is 1430. The van der Waals surface area contributed by atoms with Crippen molar-refractivity contribution >= 4 is 33.3 Å². The van der Waals surface area contributed by atoms with Crippen molar-refractivity contribution in [2.75, 3.05) is 43.9 Å². The summed E-state index contributed by atoms with van der Waals surface area (Å²) in [6.07, 6.45) is 7.06. The first kappa shape index (κ1) is 18.8. The van der Waals surface area contributed by atoms with Crippen LogP contribution in [0.5, 0.6) is 0 Å². The predicted octanol–water partition coefficient (Wildman–Crippen LogP) is 2.90. The number of aromatic nitrogens is 6. The van der Waals surface area contributed by atoms with Crippen molar-refractivity contribution in [3.05, 3.63) is 49.1 Å². The number of rotatable bonds is 3. The number of nitrogen functional groups attached to an aromatic ring is 1. The molecule has 4 N–H and O–H groups in total. The molecule has 1 aliphatic heterocycles. The second-order valence-corrected chi connectivity index (χ2v) is 8.26. The third-order valence-corrected chi connectivity index (χ3v) is 6.09. The van der Waals surface area contributed by atoms with Gasteiger partial charge in [0.25, 0.3) is 0 Å².